The molecule has 1 N–H and O–H groups in total. The Balaban J connectivity index is 1.68. The van der Waals surface area contributed by atoms with E-state index in [1.54, 1.807) is 24.3 Å². The van der Waals surface area contributed by atoms with E-state index in [4.69, 9.17) is 16.0 Å². The Hall–Kier alpha value is -2.94. The second kappa shape index (κ2) is 9.32. The lowest BCUT2D eigenvalue weighted by Gasteiger charge is -2.13. The first kappa shape index (κ1) is 19.8. The summed E-state index contributed by atoms with van der Waals surface area (Å²) in [4.78, 5) is 13.4. The van der Waals surface area contributed by atoms with Gasteiger partial charge in [-0.2, -0.15) is 5.26 Å². The fourth-order valence-electron chi connectivity index (χ4n) is 2.48. The number of benzene rings is 2. The van der Waals surface area contributed by atoms with Crippen molar-refractivity contribution >= 4 is 35.3 Å². The molecule has 1 aromatic heterocycles. The van der Waals surface area contributed by atoms with Crippen molar-refractivity contribution in [2.45, 2.75) is 23.0 Å². The third-order valence-corrected chi connectivity index (χ3v) is 5.11. The molecule has 0 aliphatic carbocycles. The Kier molecular flexibility index (Phi) is 6.59. The van der Waals surface area contributed by atoms with Crippen LogP contribution < -0.4 is 5.32 Å². The van der Waals surface area contributed by atoms with E-state index in [0.29, 0.717) is 15.9 Å². The Bertz CT molecular complexity index is 1020. The van der Waals surface area contributed by atoms with Crippen LogP contribution in [0.4, 0.5) is 0 Å². The van der Waals surface area contributed by atoms with Gasteiger partial charge in [0.1, 0.15) is 17.4 Å². The number of furan rings is 1. The Morgan fingerprint density at radius 2 is 1.86 bits per heavy atom. The SMILES string of the molecule is C[C@@H](NC(=O)/C(C#N)=C\c1ccc(Sc2ccc(Cl)cc2)o1)c1ccccc1. The fourth-order valence-corrected chi connectivity index (χ4v) is 3.38. The maximum absolute atomic E-state index is 12.4. The molecule has 0 fully saturated rings. The van der Waals surface area contributed by atoms with E-state index in [0.717, 1.165) is 10.5 Å². The lowest BCUT2D eigenvalue weighted by Crippen LogP contribution is -2.27. The molecule has 1 heterocycles. The highest BCUT2D eigenvalue weighted by Gasteiger charge is 2.14. The molecule has 0 spiro atoms. The summed E-state index contributed by atoms with van der Waals surface area (Å²) < 4.78 is 5.71. The summed E-state index contributed by atoms with van der Waals surface area (Å²) in [5.74, 6) is -0.00214. The Morgan fingerprint density at radius 1 is 1.14 bits per heavy atom. The van der Waals surface area contributed by atoms with E-state index in [-0.39, 0.29) is 11.6 Å². The molecule has 0 aliphatic heterocycles. The molecule has 4 nitrogen and oxygen atoms in total. The van der Waals surface area contributed by atoms with Crippen LogP contribution >= 0.6 is 23.4 Å². The van der Waals surface area contributed by atoms with Gasteiger partial charge in [-0.05, 0) is 48.9 Å². The van der Waals surface area contributed by atoms with Gasteiger partial charge in [0.05, 0.1) is 6.04 Å². The number of hydrogen-bond acceptors (Lipinski definition) is 4. The van der Waals surface area contributed by atoms with Crippen LogP contribution in [0.3, 0.4) is 0 Å². The zero-order chi connectivity index (χ0) is 19.9. The number of hydrogen-bond donors (Lipinski definition) is 1. The van der Waals surface area contributed by atoms with Gasteiger partial charge in [0, 0.05) is 16.0 Å². The quantitative estimate of drug-likeness (QED) is 0.409. The predicted molar refractivity (Wildman–Crippen MR) is 111 cm³/mol. The normalized spacial score (nSPS) is 12.2. The number of carbonyl (C=O) groups is 1. The van der Waals surface area contributed by atoms with Gasteiger partial charge in [0.2, 0.25) is 0 Å². The summed E-state index contributed by atoms with van der Waals surface area (Å²) in [6, 6.07) is 22.2. The third kappa shape index (κ3) is 5.29. The third-order valence-electron chi connectivity index (χ3n) is 3.93. The zero-order valence-corrected chi connectivity index (χ0v) is 16.6. The van der Waals surface area contributed by atoms with Crippen LogP contribution in [0.1, 0.15) is 24.3 Å². The molecule has 2 aromatic carbocycles. The van der Waals surface area contributed by atoms with Crippen LogP contribution in [0.5, 0.6) is 0 Å². The minimum absolute atomic E-state index is 0.0137. The summed E-state index contributed by atoms with van der Waals surface area (Å²) >= 11 is 7.32. The van der Waals surface area contributed by atoms with Crippen LogP contribution in [0.15, 0.2) is 86.7 Å². The highest BCUT2D eigenvalue weighted by Crippen LogP contribution is 2.30. The van der Waals surface area contributed by atoms with Gasteiger partial charge < -0.3 is 9.73 Å². The number of nitriles is 1. The Labute approximate surface area is 172 Å². The van der Waals surface area contributed by atoms with Crippen molar-refractivity contribution in [3.05, 3.63) is 88.6 Å². The molecule has 6 heteroatoms. The number of amides is 1. The predicted octanol–water partition coefficient (Wildman–Crippen LogP) is 5.87. The van der Waals surface area contributed by atoms with Crippen molar-refractivity contribution < 1.29 is 9.21 Å². The van der Waals surface area contributed by atoms with Gasteiger partial charge in [-0.3, -0.25) is 4.79 Å². The van der Waals surface area contributed by atoms with Gasteiger partial charge in [0.25, 0.3) is 5.91 Å². The van der Waals surface area contributed by atoms with E-state index in [9.17, 15) is 10.1 Å². The summed E-state index contributed by atoms with van der Waals surface area (Å²) in [5, 5.41) is 13.5. The Morgan fingerprint density at radius 3 is 2.54 bits per heavy atom. The minimum Gasteiger partial charge on any atom is -0.450 e. The molecule has 0 saturated carbocycles. The topological polar surface area (TPSA) is 66.0 Å². The highest BCUT2D eigenvalue weighted by molar-refractivity contribution is 7.99. The monoisotopic (exact) mass is 408 g/mol. The standard InChI is InChI=1S/C22H17ClN2O2S/c1-15(16-5-3-2-4-6-16)25-22(26)17(14-24)13-19-9-12-21(27-19)28-20-10-7-18(23)8-11-20/h2-13,15H,1H3,(H,25,26)/b17-13-/t15-/m1/s1. The summed E-state index contributed by atoms with van der Waals surface area (Å²) in [6.45, 7) is 1.87. The van der Waals surface area contributed by atoms with Crippen molar-refractivity contribution in [3.63, 3.8) is 0 Å². The van der Waals surface area contributed by atoms with Gasteiger partial charge in [-0.25, -0.2) is 0 Å². The lowest BCUT2D eigenvalue weighted by molar-refractivity contribution is -0.117. The summed E-state index contributed by atoms with van der Waals surface area (Å²) in [5.41, 5.74) is 0.952. The first-order chi connectivity index (χ1) is 13.5. The molecule has 3 aromatic rings. The van der Waals surface area contributed by atoms with E-state index in [1.807, 2.05) is 55.5 Å². The van der Waals surface area contributed by atoms with Crippen molar-refractivity contribution in [2.24, 2.45) is 0 Å². The van der Waals surface area contributed by atoms with Crippen LogP contribution in [0.25, 0.3) is 6.08 Å². The number of halogens is 1. The average molecular weight is 409 g/mol. The lowest BCUT2D eigenvalue weighted by atomic mass is 10.1. The van der Waals surface area contributed by atoms with E-state index in [2.05, 4.69) is 5.32 Å². The van der Waals surface area contributed by atoms with Crippen LogP contribution in [0.2, 0.25) is 5.02 Å². The average Bonchev–Trinajstić information content (AvgIpc) is 3.15. The minimum atomic E-state index is -0.442. The molecular weight excluding hydrogens is 392 g/mol. The molecule has 0 radical (unpaired) electrons. The number of nitrogens with zero attached hydrogens (tertiary/aromatic N) is 1. The molecule has 0 bridgehead atoms. The number of rotatable bonds is 6. The van der Waals surface area contributed by atoms with Gasteiger partial charge in [0.15, 0.2) is 5.09 Å². The first-order valence-corrected chi connectivity index (χ1v) is 9.75. The van der Waals surface area contributed by atoms with Gasteiger partial charge in [-0.15, -0.1) is 0 Å². The van der Waals surface area contributed by atoms with Crippen molar-refractivity contribution in [2.75, 3.05) is 0 Å². The molecule has 0 aliphatic rings. The molecule has 0 saturated heterocycles. The molecular formula is C22H17ClN2O2S. The van der Waals surface area contributed by atoms with E-state index in [1.165, 1.54) is 17.8 Å². The number of carbonyl (C=O) groups excluding carboxylic acids is 1. The van der Waals surface area contributed by atoms with Crippen molar-refractivity contribution in [3.8, 4) is 6.07 Å². The molecule has 0 unspecified atom stereocenters. The second-order valence-electron chi connectivity index (χ2n) is 5.99. The van der Waals surface area contributed by atoms with Crippen molar-refractivity contribution in [1.29, 1.82) is 5.26 Å². The first-order valence-electron chi connectivity index (χ1n) is 8.56. The number of nitrogens with one attached hydrogen (secondary N) is 1. The van der Waals surface area contributed by atoms with E-state index >= 15 is 0 Å². The van der Waals surface area contributed by atoms with Gasteiger partial charge >= 0.3 is 0 Å². The van der Waals surface area contributed by atoms with Crippen LogP contribution in [-0.4, -0.2) is 5.91 Å². The summed E-state index contributed by atoms with van der Waals surface area (Å²) in [7, 11) is 0. The summed E-state index contributed by atoms with van der Waals surface area (Å²) in [6.07, 6.45) is 1.44. The fraction of sp³-hybridized carbons (Fsp3) is 0.0909. The second-order valence-corrected chi connectivity index (χ2v) is 7.50. The maximum atomic E-state index is 12.4. The molecule has 3 rings (SSSR count). The molecule has 28 heavy (non-hydrogen) atoms. The van der Waals surface area contributed by atoms with E-state index < -0.39 is 5.91 Å². The molecule has 1 amide bonds. The maximum Gasteiger partial charge on any atom is 0.262 e. The van der Waals surface area contributed by atoms with Crippen LogP contribution in [-0.2, 0) is 4.79 Å². The molecule has 1 atom stereocenters. The molecule has 140 valence electrons. The van der Waals surface area contributed by atoms with Gasteiger partial charge in [-0.1, -0.05) is 53.7 Å². The largest absolute Gasteiger partial charge is 0.450 e. The highest BCUT2D eigenvalue weighted by atomic mass is 35.5. The smallest absolute Gasteiger partial charge is 0.262 e. The van der Waals surface area contributed by atoms with Crippen molar-refractivity contribution in [1.82, 2.24) is 5.32 Å². The zero-order valence-electron chi connectivity index (χ0n) is 15.1. The van der Waals surface area contributed by atoms with Crippen LogP contribution in [0, 0.1) is 11.3 Å².